The van der Waals surface area contributed by atoms with E-state index in [0.717, 1.165) is 50.2 Å². The molecule has 1 fully saturated rings. The minimum atomic E-state index is 0.0276. The lowest BCUT2D eigenvalue weighted by Crippen LogP contribution is -2.36. The number of carbonyl (C=O) groups excluding carboxylic acids is 1. The number of likely N-dealkylation sites (tertiary alicyclic amines) is 1. The topological polar surface area (TPSA) is 32.8 Å². The Balaban J connectivity index is 1.39. The average Bonchev–Trinajstić information content (AvgIpc) is 2.92. The van der Waals surface area contributed by atoms with Gasteiger partial charge in [-0.2, -0.15) is 0 Å². The fourth-order valence-corrected chi connectivity index (χ4v) is 5.37. The van der Waals surface area contributed by atoms with Crippen molar-refractivity contribution in [3.63, 3.8) is 0 Å². The number of hydrogen-bond donors (Lipinski definition) is 0. The van der Waals surface area contributed by atoms with Crippen LogP contribution in [0.1, 0.15) is 52.6 Å². The first-order chi connectivity index (χ1) is 17.4. The number of nitrogens with zero attached hydrogens (tertiary/aromatic N) is 2. The van der Waals surface area contributed by atoms with Crippen molar-refractivity contribution in [1.82, 2.24) is 9.80 Å². The molecule has 1 aliphatic rings. The highest BCUT2D eigenvalue weighted by molar-refractivity contribution is 6.42. The van der Waals surface area contributed by atoms with Gasteiger partial charge in [-0.1, -0.05) is 59.6 Å². The van der Waals surface area contributed by atoms with Gasteiger partial charge in [-0.15, -0.1) is 0 Å². The fraction of sp³-hybridized carbons (Fsp3) is 0.367. The molecule has 1 heterocycles. The lowest BCUT2D eigenvalue weighted by Gasteiger charge is -2.34. The van der Waals surface area contributed by atoms with Gasteiger partial charge in [0.2, 0.25) is 0 Å². The molecule has 1 atom stereocenters. The quantitative estimate of drug-likeness (QED) is 0.298. The number of amides is 1. The molecule has 0 saturated carbocycles. The summed E-state index contributed by atoms with van der Waals surface area (Å²) in [5, 5.41) is 1.10. The van der Waals surface area contributed by atoms with E-state index in [-0.39, 0.29) is 11.8 Å². The molecular formula is C30H34Cl2N2O2. The first-order valence-corrected chi connectivity index (χ1v) is 13.3. The number of halogens is 2. The smallest absolute Gasteiger partial charge is 0.253 e. The number of hydrogen-bond acceptors (Lipinski definition) is 3. The summed E-state index contributed by atoms with van der Waals surface area (Å²) >= 11 is 12.6. The fourth-order valence-electron chi connectivity index (χ4n) is 5.07. The molecule has 190 valence electrons. The molecule has 4 nitrogen and oxygen atoms in total. The summed E-state index contributed by atoms with van der Waals surface area (Å²) in [5.41, 5.74) is 3.18. The van der Waals surface area contributed by atoms with Gasteiger partial charge in [0, 0.05) is 25.1 Å². The minimum Gasteiger partial charge on any atom is -0.497 e. The maximum Gasteiger partial charge on any atom is 0.253 e. The molecule has 0 radical (unpaired) electrons. The molecule has 3 aromatic rings. The average molecular weight is 526 g/mol. The normalized spacial score (nSPS) is 15.4. The zero-order valence-corrected chi connectivity index (χ0v) is 22.5. The van der Waals surface area contributed by atoms with E-state index in [1.165, 1.54) is 5.56 Å². The Morgan fingerprint density at radius 2 is 1.75 bits per heavy atom. The highest BCUT2D eigenvalue weighted by atomic mass is 35.5. The van der Waals surface area contributed by atoms with Gasteiger partial charge in [0.25, 0.3) is 5.91 Å². The molecular weight excluding hydrogens is 491 g/mol. The molecule has 6 heteroatoms. The largest absolute Gasteiger partial charge is 0.497 e. The van der Waals surface area contributed by atoms with Crippen LogP contribution in [-0.4, -0.2) is 56.0 Å². The third-order valence-corrected chi connectivity index (χ3v) is 7.96. The summed E-state index contributed by atoms with van der Waals surface area (Å²) in [6.07, 6.45) is 3.21. The molecule has 3 aromatic carbocycles. The Labute approximate surface area is 224 Å². The predicted molar refractivity (Wildman–Crippen MR) is 149 cm³/mol. The minimum absolute atomic E-state index is 0.0276. The summed E-state index contributed by atoms with van der Waals surface area (Å²) in [6, 6.07) is 23.7. The summed E-state index contributed by atoms with van der Waals surface area (Å²) in [4.78, 5) is 17.4. The number of rotatable bonds is 9. The van der Waals surface area contributed by atoms with Gasteiger partial charge in [0.15, 0.2) is 0 Å². The third kappa shape index (κ3) is 6.82. The van der Waals surface area contributed by atoms with Gasteiger partial charge in [-0.3, -0.25) is 4.79 Å². The van der Waals surface area contributed by atoms with Gasteiger partial charge < -0.3 is 14.5 Å². The van der Waals surface area contributed by atoms with Crippen molar-refractivity contribution in [1.29, 1.82) is 0 Å². The SMILES string of the molecule is COc1cccc(C2CCN(CCC(CN(C)C(=O)c3ccccc3)c3ccc(Cl)c(Cl)c3)CC2)c1. The van der Waals surface area contributed by atoms with E-state index in [9.17, 15) is 4.79 Å². The van der Waals surface area contributed by atoms with E-state index in [2.05, 4.69) is 23.1 Å². The van der Waals surface area contributed by atoms with E-state index < -0.39 is 0 Å². The Hall–Kier alpha value is -2.53. The van der Waals surface area contributed by atoms with Crippen molar-refractivity contribution >= 4 is 29.1 Å². The van der Waals surface area contributed by atoms with Crippen LogP contribution in [0.25, 0.3) is 0 Å². The first-order valence-electron chi connectivity index (χ1n) is 12.6. The molecule has 0 spiro atoms. The van der Waals surface area contributed by atoms with E-state index in [4.69, 9.17) is 27.9 Å². The zero-order valence-electron chi connectivity index (χ0n) is 21.0. The summed E-state index contributed by atoms with van der Waals surface area (Å²) in [7, 11) is 3.59. The molecule has 1 unspecified atom stereocenters. The Kier molecular flexibility index (Phi) is 9.30. The second-order valence-corrected chi connectivity index (χ2v) is 10.4. The van der Waals surface area contributed by atoms with Crippen LogP contribution in [-0.2, 0) is 0 Å². The number of methoxy groups -OCH3 is 1. The van der Waals surface area contributed by atoms with Crippen LogP contribution in [0.3, 0.4) is 0 Å². The molecule has 4 rings (SSSR count). The zero-order chi connectivity index (χ0) is 25.5. The van der Waals surface area contributed by atoms with E-state index in [1.807, 2.05) is 66.5 Å². The van der Waals surface area contributed by atoms with Crippen LogP contribution in [0, 0.1) is 0 Å². The second kappa shape index (κ2) is 12.6. The highest BCUT2D eigenvalue weighted by Crippen LogP contribution is 2.32. The number of carbonyl (C=O) groups is 1. The highest BCUT2D eigenvalue weighted by Gasteiger charge is 2.24. The van der Waals surface area contributed by atoms with Crippen LogP contribution < -0.4 is 4.74 Å². The number of piperidine rings is 1. The number of benzene rings is 3. The molecule has 1 saturated heterocycles. The van der Waals surface area contributed by atoms with Gasteiger partial charge in [0.1, 0.15) is 5.75 Å². The van der Waals surface area contributed by atoms with Crippen molar-refractivity contribution in [3.8, 4) is 5.75 Å². The van der Waals surface area contributed by atoms with Crippen molar-refractivity contribution in [3.05, 3.63) is 99.5 Å². The summed E-state index contributed by atoms with van der Waals surface area (Å²) in [5.74, 6) is 1.68. The Morgan fingerprint density at radius 3 is 2.44 bits per heavy atom. The Morgan fingerprint density at radius 1 is 1.00 bits per heavy atom. The van der Waals surface area contributed by atoms with E-state index in [1.54, 1.807) is 7.11 Å². The van der Waals surface area contributed by atoms with Crippen LogP contribution in [0.15, 0.2) is 72.8 Å². The van der Waals surface area contributed by atoms with Gasteiger partial charge >= 0.3 is 0 Å². The van der Waals surface area contributed by atoms with E-state index in [0.29, 0.717) is 28.1 Å². The van der Waals surface area contributed by atoms with Crippen LogP contribution >= 0.6 is 23.2 Å². The van der Waals surface area contributed by atoms with Gasteiger partial charge in [-0.25, -0.2) is 0 Å². The molecule has 0 aliphatic carbocycles. The maximum atomic E-state index is 13.0. The molecule has 0 aromatic heterocycles. The molecule has 0 bridgehead atoms. The van der Waals surface area contributed by atoms with Gasteiger partial charge in [0.05, 0.1) is 17.2 Å². The summed E-state index contributed by atoms with van der Waals surface area (Å²) < 4.78 is 5.41. The van der Waals surface area contributed by atoms with Crippen molar-refractivity contribution in [2.24, 2.45) is 0 Å². The predicted octanol–water partition coefficient (Wildman–Crippen LogP) is 7.13. The molecule has 1 amide bonds. The van der Waals surface area contributed by atoms with Crippen LogP contribution in [0.2, 0.25) is 10.0 Å². The second-order valence-electron chi connectivity index (χ2n) is 9.60. The number of ether oxygens (including phenoxy) is 1. The summed E-state index contributed by atoms with van der Waals surface area (Å²) in [6.45, 7) is 3.72. The molecule has 0 N–H and O–H groups in total. The van der Waals surface area contributed by atoms with E-state index >= 15 is 0 Å². The van der Waals surface area contributed by atoms with Crippen LogP contribution in [0.4, 0.5) is 0 Å². The van der Waals surface area contributed by atoms with Crippen molar-refractivity contribution < 1.29 is 9.53 Å². The van der Waals surface area contributed by atoms with Crippen molar-refractivity contribution in [2.75, 3.05) is 40.3 Å². The lowest BCUT2D eigenvalue weighted by atomic mass is 9.88. The lowest BCUT2D eigenvalue weighted by molar-refractivity contribution is 0.0781. The monoisotopic (exact) mass is 524 g/mol. The third-order valence-electron chi connectivity index (χ3n) is 7.22. The van der Waals surface area contributed by atoms with Crippen LogP contribution in [0.5, 0.6) is 5.75 Å². The Bertz CT molecular complexity index is 1150. The molecule has 1 aliphatic heterocycles. The standard InChI is InChI=1S/C30H34Cl2N2O2/c1-33(30(35)23-7-4-3-5-8-23)21-26(25-11-12-28(31)29(32)20-25)15-18-34-16-13-22(14-17-34)24-9-6-10-27(19-24)36-2/h3-12,19-20,22,26H,13-18,21H2,1-2H3. The maximum absolute atomic E-state index is 13.0. The number of likely N-dealkylation sites (N-methyl/N-ethyl adjacent to an activating group) is 1. The first kappa shape index (κ1) is 26.5. The van der Waals surface area contributed by atoms with Crippen molar-refractivity contribution in [2.45, 2.75) is 31.1 Å². The van der Waals surface area contributed by atoms with Gasteiger partial charge in [-0.05, 0) is 92.3 Å². The molecule has 36 heavy (non-hydrogen) atoms.